The second-order valence-corrected chi connectivity index (χ2v) is 5.63. The van der Waals surface area contributed by atoms with E-state index < -0.39 is 0 Å². The van der Waals surface area contributed by atoms with Crippen molar-refractivity contribution in [3.05, 3.63) is 83.7 Å². The number of aryl methyl sites for hydroxylation is 1. The Bertz CT molecular complexity index is 945. The van der Waals surface area contributed by atoms with E-state index in [-0.39, 0.29) is 0 Å². The molecule has 3 aromatic rings. The van der Waals surface area contributed by atoms with E-state index in [1.54, 1.807) is 12.1 Å². The van der Waals surface area contributed by atoms with E-state index in [0.717, 1.165) is 12.8 Å². The number of fused-ring (bicyclic) bond motifs is 2. The molecule has 0 radical (unpaired) electrons. The van der Waals surface area contributed by atoms with Gasteiger partial charge in [0.05, 0.1) is 5.69 Å². The molecule has 0 atom stereocenters. The standard InChI is InChI=1S/C21H16N2O2/c1-3-9-16(10-4-1)11-5-2-6-12-17-15-20-21(23-22-17)25-19-14-8-7-13-18(19)24-20/h1-4,7-10,12-15H,5,11H2. The van der Waals surface area contributed by atoms with Crippen LogP contribution in [0.5, 0.6) is 23.1 Å². The maximum absolute atomic E-state index is 5.82. The Morgan fingerprint density at radius 1 is 0.840 bits per heavy atom. The van der Waals surface area contributed by atoms with E-state index in [0.29, 0.717) is 28.8 Å². The third-order valence-electron chi connectivity index (χ3n) is 3.79. The maximum Gasteiger partial charge on any atom is 0.282 e. The zero-order chi connectivity index (χ0) is 16.9. The van der Waals surface area contributed by atoms with Gasteiger partial charge in [-0.3, -0.25) is 0 Å². The molecule has 1 aromatic heterocycles. The lowest BCUT2D eigenvalue weighted by Crippen LogP contribution is -2.02. The summed E-state index contributed by atoms with van der Waals surface area (Å²) >= 11 is 0. The molecule has 2 heterocycles. The molecule has 4 heteroatoms. The van der Waals surface area contributed by atoms with Crippen molar-refractivity contribution in [1.82, 2.24) is 10.2 Å². The van der Waals surface area contributed by atoms with Crippen LogP contribution in [0.25, 0.3) is 6.08 Å². The van der Waals surface area contributed by atoms with Crippen molar-refractivity contribution in [3.63, 3.8) is 0 Å². The van der Waals surface area contributed by atoms with Crippen molar-refractivity contribution in [1.29, 1.82) is 0 Å². The largest absolute Gasteiger partial charge is 0.448 e. The average Bonchev–Trinajstić information content (AvgIpc) is 2.67. The number of benzene rings is 2. The van der Waals surface area contributed by atoms with Crippen molar-refractivity contribution in [3.8, 4) is 23.1 Å². The molecule has 0 amide bonds. The summed E-state index contributed by atoms with van der Waals surface area (Å²) in [6.07, 6.45) is 5.71. The zero-order valence-corrected chi connectivity index (χ0v) is 13.6. The van der Waals surface area contributed by atoms with E-state index in [4.69, 9.17) is 9.47 Å². The summed E-state index contributed by atoms with van der Waals surface area (Å²) in [5.41, 5.74) is 5.15. The van der Waals surface area contributed by atoms with Crippen molar-refractivity contribution < 1.29 is 9.47 Å². The summed E-state index contributed by atoms with van der Waals surface area (Å²) in [4.78, 5) is 0. The van der Waals surface area contributed by atoms with Gasteiger partial charge in [-0.2, -0.15) is 0 Å². The average molecular weight is 328 g/mol. The number of ether oxygens (including phenoxy) is 2. The molecule has 4 rings (SSSR count). The van der Waals surface area contributed by atoms with E-state index in [9.17, 15) is 0 Å². The van der Waals surface area contributed by atoms with Gasteiger partial charge in [-0.25, -0.2) is 0 Å². The van der Waals surface area contributed by atoms with E-state index >= 15 is 0 Å². The maximum atomic E-state index is 5.82. The molecule has 1 aliphatic rings. The number of allylic oxidation sites excluding steroid dienone is 1. The fourth-order valence-corrected chi connectivity index (χ4v) is 2.54. The Morgan fingerprint density at radius 2 is 1.60 bits per heavy atom. The Balaban J connectivity index is 1.43. The minimum atomic E-state index is 0.379. The minimum absolute atomic E-state index is 0.379. The lowest BCUT2D eigenvalue weighted by Gasteiger charge is -2.18. The number of aromatic nitrogens is 2. The molecule has 4 nitrogen and oxygen atoms in total. The summed E-state index contributed by atoms with van der Waals surface area (Å²) < 4.78 is 11.5. The molecule has 0 N–H and O–H groups in total. The van der Waals surface area contributed by atoms with Crippen LogP contribution in [0, 0.1) is 0 Å². The summed E-state index contributed by atoms with van der Waals surface area (Å²) in [5.74, 6) is 2.26. The van der Waals surface area contributed by atoms with Crippen LogP contribution in [-0.2, 0) is 6.42 Å². The van der Waals surface area contributed by atoms with Crippen molar-refractivity contribution >= 4 is 6.08 Å². The third kappa shape index (κ3) is 3.60. The topological polar surface area (TPSA) is 44.2 Å². The molecule has 25 heavy (non-hydrogen) atoms. The molecular formula is C21H16N2O2. The lowest BCUT2D eigenvalue weighted by molar-refractivity contribution is 0.343. The van der Waals surface area contributed by atoms with E-state index in [1.165, 1.54) is 5.56 Å². The number of hydrogen-bond acceptors (Lipinski definition) is 4. The summed E-state index contributed by atoms with van der Waals surface area (Å²) in [6, 6.07) is 19.7. The molecule has 0 spiro atoms. The van der Waals surface area contributed by atoms with Crippen LogP contribution in [0.1, 0.15) is 17.7 Å². The van der Waals surface area contributed by atoms with E-state index in [2.05, 4.69) is 40.2 Å². The number of rotatable bonds is 4. The van der Waals surface area contributed by atoms with Crippen LogP contribution in [0.15, 0.2) is 72.5 Å². The SMILES string of the molecule is C(=CCCc1ccccc1)=Cc1cc2c(nn1)Oc1ccccc1O2. The predicted molar refractivity (Wildman–Crippen MR) is 95.9 cm³/mol. The van der Waals surface area contributed by atoms with Gasteiger partial charge in [0.25, 0.3) is 5.88 Å². The molecule has 0 saturated heterocycles. The summed E-state index contributed by atoms with van der Waals surface area (Å²) in [5, 5.41) is 8.21. The first-order valence-corrected chi connectivity index (χ1v) is 8.16. The molecular weight excluding hydrogens is 312 g/mol. The Morgan fingerprint density at radius 3 is 2.44 bits per heavy atom. The van der Waals surface area contributed by atoms with Crippen LogP contribution in [-0.4, -0.2) is 10.2 Å². The van der Waals surface area contributed by atoms with Crippen LogP contribution in [0.3, 0.4) is 0 Å². The van der Waals surface area contributed by atoms with Gasteiger partial charge in [0.15, 0.2) is 17.2 Å². The monoisotopic (exact) mass is 328 g/mol. The van der Waals surface area contributed by atoms with Gasteiger partial charge in [-0.15, -0.1) is 15.9 Å². The van der Waals surface area contributed by atoms with Crippen molar-refractivity contribution in [2.75, 3.05) is 0 Å². The van der Waals surface area contributed by atoms with Crippen molar-refractivity contribution in [2.24, 2.45) is 0 Å². The summed E-state index contributed by atoms with van der Waals surface area (Å²) in [7, 11) is 0. The van der Waals surface area contributed by atoms with Gasteiger partial charge in [0.2, 0.25) is 0 Å². The Labute approximate surface area is 146 Å². The first-order chi connectivity index (χ1) is 12.4. The number of para-hydroxylation sites is 2. The highest BCUT2D eigenvalue weighted by molar-refractivity contribution is 5.54. The second-order valence-electron chi connectivity index (χ2n) is 5.63. The van der Waals surface area contributed by atoms with Gasteiger partial charge >= 0.3 is 0 Å². The van der Waals surface area contributed by atoms with Crippen LogP contribution >= 0.6 is 0 Å². The molecule has 0 aliphatic carbocycles. The molecule has 0 saturated carbocycles. The van der Waals surface area contributed by atoms with E-state index in [1.807, 2.05) is 36.4 Å². The first-order valence-electron chi connectivity index (χ1n) is 8.16. The van der Waals surface area contributed by atoms with Gasteiger partial charge < -0.3 is 9.47 Å². The molecule has 122 valence electrons. The van der Waals surface area contributed by atoms with Gasteiger partial charge in [-0.05, 0) is 36.6 Å². The van der Waals surface area contributed by atoms with Crippen LogP contribution in [0.4, 0.5) is 0 Å². The minimum Gasteiger partial charge on any atom is -0.448 e. The fraction of sp³-hybridized carbons (Fsp3) is 0.0952. The van der Waals surface area contributed by atoms with Gasteiger partial charge in [0.1, 0.15) is 0 Å². The number of hydrogen-bond donors (Lipinski definition) is 0. The quantitative estimate of drug-likeness (QED) is 0.484. The fourth-order valence-electron chi connectivity index (χ4n) is 2.54. The molecule has 0 unspecified atom stereocenters. The molecule has 2 aromatic carbocycles. The highest BCUT2D eigenvalue weighted by Gasteiger charge is 2.20. The highest BCUT2D eigenvalue weighted by Crippen LogP contribution is 2.43. The second kappa shape index (κ2) is 7.04. The summed E-state index contributed by atoms with van der Waals surface area (Å²) in [6.45, 7) is 0. The zero-order valence-electron chi connectivity index (χ0n) is 13.6. The molecule has 1 aliphatic heterocycles. The number of nitrogens with zero attached hydrogens (tertiary/aromatic N) is 2. The van der Waals surface area contributed by atoms with Gasteiger partial charge in [-0.1, -0.05) is 42.5 Å². The third-order valence-corrected chi connectivity index (χ3v) is 3.79. The highest BCUT2D eigenvalue weighted by atomic mass is 16.6. The Hall–Kier alpha value is -3.36. The normalized spacial score (nSPS) is 11.2. The molecule has 0 bridgehead atoms. The first kappa shape index (κ1) is 15.2. The van der Waals surface area contributed by atoms with Crippen LogP contribution < -0.4 is 9.47 Å². The van der Waals surface area contributed by atoms with Crippen molar-refractivity contribution in [2.45, 2.75) is 12.8 Å². The van der Waals surface area contributed by atoms with Gasteiger partial charge in [0, 0.05) is 12.1 Å². The smallest absolute Gasteiger partial charge is 0.282 e. The van der Waals surface area contributed by atoms with Crippen LogP contribution in [0.2, 0.25) is 0 Å². The Kier molecular flexibility index (Phi) is 4.27. The predicted octanol–water partition coefficient (Wildman–Crippen LogP) is 5.18. The molecule has 0 fully saturated rings. The lowest BCUT2D eigenvalue weighted by atomic mass is 10.1.